The lowest BCUT2D eigenvalue weighted by Gasteiger charge is -2.32. The molecule has 1 fully saturated rings. The highest BCUT2D eigenvalue weighted by atomic mass is 35.5. The van der Waals surface area contributed by atoms with Gasteiger partial charge in [0.1, 0.15) is 0 Å². The van der Waals surface area contributed by atoms with E-state index >= 15 is 0 Å². The molecule has 0 aliphatic carbocycles. The van der Waals surface area contributed by atoms with E-state index in [1.807, 2.05) is 20.8 Å². The Morgan fingerprint density at radius 3 is 2.64 bits per heavy atom. The predicted molar refractivity (Wildman–Crippen MR) is 95.2 cm³/mol. The zero-order chi connectivity index (χ0) is 18.4. The Morgan fingerprint density at radius 1 is 1.40 bits per heavy atom. The molecule has 0 amide bonds. The fraction of sp³-hybridized carbons (Fsp3) is 0.562. The number of hydrogen-bond acceptors (Lipinski definition) is 6. The lowest BCUT2D eigenvalue weighted by Crippen LogP contribution is -2.40. The molecule has 0 unspecified atom stereocenters. The number of aromatic nitrogens is 3. The number of fused-ring (bicyclic) bond motifs is 1. The van der Waals surface area contributed by atoms with Crippen molar-refractivity contribution in [1.29, 1.82) is 0 Å². The molecular formula is C16H22ClN5O3. The second-order valence-corrected chi connectivity index (χ2v) is 7.67. The van der Waals surface area contributed by atoms with Crippen molar-refractivity contribution in [2.45, 2.75) is 39.7 Å². The number of nitrogens with zero attached hydrogens (tertiary/aromatic N) is 3. The number of carbonyl (C=O) groups excluding carboxylic acids is 1. The van der Waals surface area contributed by atoms with Gasteiger partial charge in [-0.2, -0.15) is 0 Å². The second kappa shape index (κ2) is 6.34. The summed E-state index contributed by atoms with van der Waals surface area (Å²) in [5, 5.41) is 1.83. The minimum absolute atomic E-state index is 0.0494. The van der Waals surface area contributed by atoms with Crippen molar-refractivity contribution in [3.8, 4) is 0 Å². The molecule has 25 heavy (non-hydrogen) atoms. The number of piperidine rings is 1. The van der Waals surface area contributed by atoms with E-state index < -0.39 is 5.41 Å². The Morgan fingerprint density at radius 2 is 2.04 bits per heavy atom. The quantitative estimate of drug-likeness (QED) is 0.787. The van der Waals surface area contributed by atoms with Crippen LogP contribution in [0.5, 0.6) is 0 Å². The van der Waals surface area contributed by atoms with E-state index in [0.717, 1.165) is 0 Å². The predicted octanol–water partition coefficient (Wildman–Crippen LogP) is 2.10. The van der Waals surface area contributed by atoms with Gasteiger partial charge in [-0.25, -0.2) is 14.6 Å². The molecule has 0 radical (unpaired) electrons. The van der Waals surface area contributed by atoms with Crippen molar-refractivity contribution >= 4 is 34.3 Å². The molecule has 3 rings (SSSR count). The van der Waals surface area contributed by atoms with Crippen molar-refractivity contribution < 1.29 is 9.63 Å². The van der Waals surface area contributed by atoms with Gasteiger partial charge in [0.2, 0.25) is 0 Å². The van der Waals surface area contributed by atoms with E-state index in [1.54, 1.807) is 9.63 Å². The summed E-state index contributed by atoms with van der Waals surface area (Å²) in [6.07, 6.45) is 2.82. The van der Waals surface area contributed by atoms with E-state index in [9.17, 15) is 9.59 Å². The Hall–Kier alpha value is -2.06. The summed E-state index contributed by atoms with van der Waals surface area (Å²) in [5.74, 6) is -0.266. The third-order valence-electron chi connectivity index (χ3n) is 4.35. The molecule has 3 N–H and O–H groups in total. The number of nitrogens with two attached hydrogens (primary N) is 1. The van der Waals surface area contributed by atoms with Crippen LogP contribution in [0.1, 0.15) is 39.7 Å². The summed E-state index contributed by atoms with van der Waals surface area (Å²) in [6.45, 7) is 6.53. The van der Waals surface area contributed by atoms with E-state index in [2.05, 4.69) is 9.97 Å². The number of halogens is 1. The van der Waals surface area contributed by atoms with E-state index in [-0.39, 0.29) is 22.9 Å². The Bertz CT molecular complexity index is 859. The van der Waals surface area contributed by atoms with Crippen LogP contribution in [0.25, 0.3) is 11.0 Å². The summed E-state index contributed by atoms with van der Waals surface area (Å²) < 4.78 is 1.64. The van der Waals surface area contributed by atoms with Gasteiger partial charge in [-0.15, -0.1) is 5.06 Å². The fourth-order valence-electron chi connectivity index (χ4n) is 2.92. The summed E-state index contributed by atoms with van der Waals surface area (Å²) in [7, 11) is 0. The van der Waals surface area contributed by atoms with Crippen LogP contribution < -0.4 is 11.4 Å². The minimum atomic E-state index is -0.553. The highest BCUT2D eigenvalue weighted by Gasteiger charge is 2.30. The first-order chi connectivity index (χ1) is 11.7. The number of aromatic amines is 1. The van der Waals surface area contributed by atoms with Crippen LogP contribution in [-0.4, -0.2) is 38.7 Å². The van der Waals surface area contributed by atoms with Crippen molar-refractivity contribution in [3.05, 3.63) is 21.8 Å². The second-order valence-electron chi connectivity index (χ2n) is 7.31. The number of rotatable bonds is 2. The first kappa shape index (κ1) is 17.8. The summed E-state index contributed by atoms with van der Waals surface area (Å²) in [4.78, 5) is 36.5. The smallest absolute Gasteiger partial charge is 0.330 e. The summed E-state index contributed by atoms with van der Waals surface area (Å²) in [5.41, 5.74) is 6.67. The maximum absolute atomic E-state index is 12.4. The number of hydroxylamine groups is 2. The number of nitrogens with one attached hydrogen (secondary N) is 1. The average Bonchev–Trinajstić information content (AvgIpc) is 2.88. The van der Waals surface area contributed by atoms with Gasteiger partial charge in [0.25, 0.3) is 0 Å². The molecule has 1 saturated heterocycles. The molecule has 0 saturated carbocycles. The van der Waals surface area contributed by atoms with Crippen LogP contribution in [0.2, 0.25) is 5.15 Å². The van der Waals surface area contributed by atoms with Gasteiger partial charge in [0.15, 0.2) is 5.15 Å². The molecule has 0 aromatic carbocycles. The number of carbonyl (C=O) groups is 1. The van der Waals surface area contributed by atoms with Gasteiger partial charge < -0.3 is 15.6 Å². The van der Waals surface area contributed by atoms with Crippen molar-refractivity contribution in [1.82, 2.24) is 19.6 Å². The first-order valence-electron chi connectivity index (χ1n) is 8.20. The maximum Gasteiger partial charge on any atom is 0.330 e. The third-order valence-corrected chi connectivity index (χ3v) is 4.65. The van der Waals surface area contributed by atoms with Gasteiger partial charge in [-0.1, -0.05) is 11.6 Å². The van der Waals surface area contributed by atoms with Crippen molar-refractivity contribution in [2.75, 3.05) is 18.8 Å². The van der Waals surface area contributed by atoms with E-state index in [0.29, 0.717) is 42.7 Å². The molecule has 2 aromatic rings. The van der Waals surface area contributed by atoms with Crippen LogP contribution >= 0.6 is 11.6 Å². The highest BCUT2D eigenvalue weighted by Crippen LogP contribution is 2.30. The molecule has 8 nitrogen and oxygen atoms in total. The van der Waals surface area contributed by atoms with Crippen molar-refractivity contribution in [3.63, 3.8) is 0 Å². The van der Waals surface area contributed by atoms with Gasteiger partial charge in [-0.3, -0.25) is 4.57 Å². The van der Waals surface area contributed by atoms with Crippen molar-refractivity contribution in [2.24, 2.45) is 5.41 Å². The Kier molecular flexibility index (Phi) is 4.51. The molecule has 2 aromatic heterocycles. The minimum Gasteiger partial charge on any atom is -0.394 e. The van der Waals surface area contributed by atoms with Gasteiger partial charge >= 0.3 is 11.7 Å². The average molecular weight is 368 g/mol. The van der Waals surface area contributed by atoms with E-state index in [4.69, 9.17) is 22.2 Å². The normalized spacial score (nSPS) is 17.1. The largest absolute Gasteiger partial charge is 0.394 e. The molecule has 0 bridgehead atoms. The van der Waals surface area contributed by atoms with Crippen LogP contribution in [0.15, 0.2) is 11.0 Å². The fourth-order valence-corrected chi connectivity index (χ4v) is 3.06. The Labute approximate surface area is 149 Å². The zero-order valence-corrected chi connectivity index (χ0v) is 15.3. The molecule has 1 aliphatic rings. The monoisotopic (exact) mass is 367 g/mol. The van der Waals surface area contributed by atoms with Gasteiger partial charge in [0, 0.05) is 19.1 Å². The van der Waals surface area contributed by atoms with Gasteiger partial charge in [-0.05, 0) is 33.6 Å². The lowest BCUT2D eigenvalue weighted by atomic mass is 9.98. The molecule has 0 atom stereocenters. The molecule has 9 heteroatoms. The zero-order valence-electron chi connectivity index (χ0n) is 14.5. The van der Waals surface area contributed by atoms with Crippen LogP contribution in [0.4, 0.5) is 5.69 Å². The number of H-pyrrole nitrogens is 1. The molecular weight excluding hydrogens is 346 g/mol. The summed E-state index contributed by atoms with van der Waals surface area (Å²) in [6, 6.07) is -0.0494. The SMILES string of the molecule is CC(C)(C)C(=O)ON1CCC(n2c(=O)[nH]c3cnc(Cl)c(N)c32)CC1. The number of anilines is 1. The lowest BCUT2D eigenvalue weighted by molar-refractivity contribution is -0.205. The number of hydrogen-bond donors (Lipinski definition) is 2. The molecule has 136 valence electrons. The third kappa shape index (κ3) is 3.36. The molecule has 0 spiro atoms. The first-order valence-corrected chi connectivity index (χ1v) is 8.58. The standard InChI is InChI=1S/C16H22ClN5O3/c1-16(2,3)14(23)25-21-6-4-9(5-7-21)22-12-10(20-15(22)24)8-19-13(17)11(12)18/h8-9H,4-7,18H2,1-3H3,(H,20,24). The molecule has 1 aliphatic heterocycles. The number of nitrogen functional groups attached to an aromatic ring is 1. The van der Waals surface area contributed by atoms with Crippen LogP contribution in [0.3, 0.4) is 0 Å². The maximum atomic E-state index is 12.4. The van der Waals surface area contributed by atoms with Crippen LogP contribution in [-0.2, 0) is 9.63 Å². The number of imidazole rings is 1. The number of pyridine rings is 1. The topological polar surface area (TPSA) is 106 Å². The van der Waals surface area contributed by atoms with Gasteiger partial charge in [0.05, 0.1) is 28.3 Å². The summed E-state index contributed by atoms with van der Waals surface area (Å²) >= 11 is 6.00. The van der Waals surface area contributed by atoms with E-state index in [1.165, 1.54) is 6.20 Å². The highest BCUT2D eigenvalue weighted by molar-refractivity contribution is 6.33. The Balaban J connectivity index is 1.79. The molecule has 3 heterocycles. The van der Waals surface area contributed by atoms with Crippen LogP contribution in [0, 0.1) is 5.41 Å².